The lowest BCUT2D eigenvalue weighted by molar-refractivity contribution is -0.119. The summed E-state index contributed by atoms with van der Waals surface area (Å²) in [6.07, 6.45) is 0.858. The summed E-state index contributed by atoms with van der Waals surface area (Å²) in [5.74, 6) is 0.838. The van der Waals surface area contributed by atoms with Gasteiger partial charge in [0.1, 0.15) is 11.5 Å². The average molecular weight is 428 g/mol. The van der Waals surface area contributed by atoms with Crippen LogP contribution in [0.2, 0.25) is 0 Å². The molecule has 2 aromatic rings. The van der Waals surface area contributed by atoms with Gasteiger partial charge in [-0.2, -0.15) is 0 Å². The highest BCUT2D eigenvalue weighted by molar-refractivity contribution is 8.04. The highest BCUT2D eigenvalue weighted by Gasteiger charge is 2.40. The van der Waals surface area contributed by atoms with Crippen molar-refractivity contribution in [3.63, 3.8) is 0 Å². The van der Waals surface area contributed by atoms with Crippen LogP contribution >= 0.6 is 11.8 Å². The SMILES string of the molecule is CCCOc1cccc(N2C(=O)C(SCCO)=C(c3ccc(OCC)cc3)C2=O)c1. The van der Waals surface area contributed by atoms with Gasteiger partial charge in [-0.1, -0.05) is 25.1 Å². The zero-order valence-electron chi connectivity index (χ0n) is 17.1. The van der Waals surface area contributed by atoms with E-state index in [1.807, 2.05) is 13.8 Å². The molecule has 0 saturated heterocycles. The van der Waals surface area contributed by atoms with Crippen LogP contribution in [0.3, 0.4) is 0 Å². The van der Waals surface area contributed by atoms with E-state index in [4.69, 9.17) is 9.47 Å². The second kappa shape index (κ2) is 10.3. The number of carbonyl (C=O) groups is 2. The minimum Gasteiger partial charge on any atom is -0.494 e. The number of hydrogen-bond donors (Lipinski definition) is 1. The number of aliphatic hydroxyl groups excluding tert-OH is 1. The molecule has 0 spiro atoms. The molecule has 3 rings (SSSR count). The smallest absolute Gasteiger partial charge is 0.272 e. The average Bonchev–Trinajstić information content (AvgIpc) is 3.01. The van der Waals surface area contributed by atoms with Crippen molar-refractivity contribution in [3.05, 3.63) is 59.0 Å². The van der Waals surface area contributed by atoms with Gasteiger partial charge in [-0.15, -0.1) is 11.8 Å². The number of nitrogens with zero attached hydrogens (tertiary/aromatic N) is 1. The fourth-order valence-electron chi connectivity index (χ4n) is 3.10. The summed E-state index contributed by atoms with van der Waals surface area (Å²) in [6, 6.07) is 14.1. The first kappa shape index (κ1) is 21.9. The first-order chi connectivity index (χ1) is 14.6. The first-order valence-electron chi connectivity index (χ1n) is 9.93. The lowest BCUT2D eigenvalue weighted by Crippen LogP contribution is -2.31. The molecule has 0 saturated carbocycles. The number of hydrogen-bond acceptors (Lipinski definition) is 6. The van der Waals surface area contributed by atoms with E-state index in [0.29, 0.717) is 52.2 Å². The van der Waals surface area contributed by atoms with Crippen LogP contribution in [0.5, 0.6) is 11.5 Å². The van der Waals surface area contributed by atoms with Crippen molar-refractivity contribution < 1.29 is 24.2 Å². The number of carbonyl (C=O) groups excluding carboxylic acids is 2. The summed E-state index contributed by atoms with van der Waals surface area (Å²) in [7, 11) is 0. The van der Waals surface area contributed by atoms with Crippen LogP contribution in [-0.2, 0) is 9.59 Å². The highest BCUT2D eigenvalue weighted by Crippen LogP contribution is 2.39. The Morgan fingerprint density at radius 3 is 2.40 bits per heavy atom. The molecular weight excluding hydrogens is 402 g/mol. The standard InChI is InChI=1S/C23H25NO5S/c1-3-13-29-19-7-5-6-17(15-19)24-22(26)20(21(23(24)27)30-14-12-25)16-8-10-18(11-9-16)28-4-2/h5-11,15,25H,3-4,12-14H2,1-2H3. The molecule has 0 aromatic heterocycles. The van der Waals surface area contributed by atoms with Crippen molar-refractivity contribution in [1.82, 2.24) is 0 Å². The van der Waals surface area contributed by atoms with Crippen LogP contribution in [0.4, 0.5) is 5.69 Å². The monoisotopic (exact) mass is 427 g/mol. The minimum atomic E-state index is -0.394. The van der Waals surface area contributed by atoms with Crippen LogP contribution in [0, 0.1) is 0 Å². The van der Waals surface area contributed by atoms with Crippen LogP contribution in [0.25, 0.3) is 5.57 Å². The Labute approximate surface area is 180 Å². The third-order valence-electron chi connectivity index (χ3n) is 4.38. The van der Waals surface area contributed by atoms with Crippen LogP contribution in [-0.4, -0.2) is 42.5 Å². The molecule has 0 atom stereocenters. The van der Waals surface area contributed by atoms with Crippen LogP contribution in [0.15, 0.2) is 53.4 Å². The number of rotatable bonds is 10. The number of amides is 2. The van der Waals surface area contributed by atoms with Gasteiger partial charge in [0.05, 0.1) is 36.0 Å². The number of benzene rings is 2. The first-order valence-corrected chi connectivity index (χ1v) is 10.9. The number of imide groups is 1. The highest BCUT2D eigenvalue weighted by atomic mass is 32.2. The predicted octanol–water partition coefficient (Wildman–Crippen LogP) is 3.88. The number of aliphatic hydroxyl groups is 1. The maximum atomic E-state index is 13.3. The summed E-state index contributed by atoms with van der Waals surface area (Å²) >= 11 is 1.18. The van der Waals surface area contributed by atoms with Gasteiger partial charge in [0.2, 0.25) is 0 Å². The summed E-state index contributed by atoms with van der Waals surface area (Å²) in [6.45, 7) is 4.91. The summed E-state index contributed by atoms with van der Waals surface area (Å²) in [5, 5.41) is 9.25. The number of ether oxygens (including phenoxy) is 2. The summed E-state index contributed by atoms with van der Waals surface area (Å²) < 4.78 is 11.1. The molecule has 1 heterocycles. The van der Waals surface area contributed by atoms with Gasteiger partial charge in [0, 0.05) is 11.8 Å². The van der Waals surface area contributed by atoms with E-state index in [9.17, 15) is 14.7 Å². The summed E-state index contributed by atoms with van der Waals surface area (Å²) in [4.78, 5) is 28.0. The van der Waals surface area contributed by atoms with E-state index >= 15 is 0 Å². The van der Waals surface area contributed by atoms with Crippen molar-refractivity contribution >= 4 is 34.8 Å². The topological polar surface area (TPSA) is 76.1 Å². The second-order valence-electron chi connectivity index (χ2n) is 6.53. The summed E-state index contributed by atoms with van der Waals surface area (Å²) in [5.41, 5.74) is 1.43. The molecule has 6 nitrogen and oxygen atoms in total. The normalized spacial score (nSPS) is 13.9. The van der Waals surface area contributed by atoms with Crippen molar-refractivity contribution in [2.24, 2.45) is 0 Å². The van der Waals surface area contributed by atoms with E-state index in [0.717, 1.165) is 6.42 Å². The van der Waals surface area contributed by atoms with Crippen molar-refractivity contribution in [2.75, 3.05) is 30.5 Å². The van der Waals surface area contributed by atoms with Gasteiger partial charge in [-0.3, -0.25) is 9.59 Å². The van der Waals surface area contributed by atoms with E-state index < -0.39 is 11.8 Å². The van der Waals surface area contributed by atoms with Crippen molar-refractivity contribution in [1.29, 1.82) is 0 Å². The molecule has 0 fully saturated rings. The molecule has 7 heteroatoms. The molecular formula is C23H25NO5S. The van der Waals surface area contributed by atoms with Gasteiger partial charge in [-0.05, 0) is 43.2 Å². The van der Waals surface area contributed by atoms with E-state index in [1.54, 1.807) is 48.5 Å². The van der Waals surface area contributed by atoms with Crippen molar-refractivity contribution in [2.45, 2.75) is 20.3 Å². The fourth-order valence-corrected chi connectivity index (χ4v) is 3.96. The molecule has 30 heavy (non-hydrogen) atoms. The maximum absolute atomic E-state index is 13.3. The van der Waals surface area contributed by atoms with E-state index in [1.165, 1.54) is 16.7 Å². The molecule has 1 aliphatic rings. The van der Waals surface area contributed by atoms with Gasteiger partial charge in [0.25, 0.3) is 11.8 Å². The lowest BCUT2D eigenvalue weighted by atomic mass is 10.1. The fraction of sp³-hybridized carbons (Fsp3) is 0.304. The molecule has 0 unspecified atom stereocenters. The minimum absolute atomic E-state index is 0.0907. The van der Waals surface area contributed by atoms with Crippen LogP contribution < -0.4 is 14.4 Å². The Morgan fingerprint density at radius 2 is 1.73 bits per heavy atom. The molecule has 2 amide bonds. The number of anilines is 1. The van der Waals surface area contributed by atoms with E-state index in [-0.39, 0.29) is 6.61 Å². The van der Waals surface area contributed by atoms with E-state index in [2.05, 4.69) is 0 Å². The van der Waals surface area contributed by atoms with Gasteiger partial charge in [-0.25, -0.2) is 4.90 Å². The van der Waals surface area contributed by atoms with Crippen LogP contribution in [0.1, 0.15) is 25.8 Å². The number of thioether (sulfide) groups is 1. The zero-order valence-corrected chi connectivity index (χ0v) is 17.9. The molecule has 0 bridgehead atoms. The maximum Gasteiger partial charge on any atom is 0.272 e. The molecule has 1 N–H and O–H groups in total. The Kier molecular flexibility index (Phi) is 7.54. The molecule has 0 radical (unpaired) electrons. The Bertz CT molecular complexity index is 939. The molecule has 0 aliphatic carbocycles. The molecule has 158 valence electrons. The molecule has 2 aromatic carbocycles. The largest absolute Gasteiger partial charge is 0.494 e. The lowest BCUT2D eigenvalue weighted by Gasteiger charge is -2.16. The van der Waals surface area contributed by atoms with Gasteiger partial charge in [0.15, 0.2) is 0 Å². The molecule has 1 aliphatic heterocycles. The Balaban J connectivity index is 1.97. The Hall–Kier alpha value is -2.77. The second-order valence-corrected chi connectivity index (χ2v) is 7.63. The van der Waals surface area contributed by atoms with Gasteiger partial charge >= 0.3 is 0 Å². The third-order valence-corrected chi connectivity index (χ3v) is 5.44. The third kappa shape index (κ3) is 4.68. The van der Waals surface area contributed by atoms with Crippen molar-refractivity contribution in [3.8, 4) is 11.5 Å². The van der Waals surface area contributed by atoms with Gasteiger partial charge < -0.3 is 14.6 Å². The predicted molar refractivity (Wildman–Crippen MR) is 119 cm³/mol. The zero-order chi connectivity index (χ0) is 21.5. The Morgan fingerprint density at radius 1 is 0.967 bits per heavy atom. The quantitative estimate of drug-likeness (QED) is 0.580.